The fraction of sp³-hybridized carbons (Fsp3) is 0.824. The summed E-state index contributed by atoms with van der Waals surface area (Å²) in [7, 11) is 4.14. The van der Waals surface area contributed by atoms with Crippen molar-refractivity contribution in [2.75, 3.05) is 27.2 Å². The summed E-state index contributed by atoms with van der Waals surface area (Å²) in [6.45, 7) is 14.7. The van der Waals surface area contributed by atoms with Crippen LogP contribution in [0.2, 0.25) is 0 Å². The fourth-order valence-electron chi connectivity index (χ4n) is 3.20. The molecule has 0 heterocycles. The number of nitrogens with zero attached hydrogens (tertiary/aromatic N) is 1. The predicted molar refractivity (Wildman–Crippen MR) is 85.5 cm³/mol. The van der Waals surface area contributed by atoms with Gasteiger partial charge in [0, 0.05) is 13.1 Å². The van der Waals surface area contributed by atoms with E-state index in [1.54, 1.807) is 0 Å². The SMILES string of the molecule is CC(C)=CC1C(C(=O)NCC(C)(C)CN(C)C)C1(C)C. The summed E-state index contributed by atoms with van der Waals surface area (Å²) in [6, 6.07) is 0. The summed E-state index contributed by atoms with van der Waals surface area (Å²) in [5.41, 5.74) is 1.50. The number of nitrogens with one attached hydrogen (secondary N) is 1. The van der Waals surface area contributed by atoms with Crippen molar-refractivity contribution < 1.29 is 4.79 Å². The van der Waals surface area contributed by atoms with Gasteiger partial charge < -0.3 is 10.2 Å². The molecule has 3 nitrogen and oxygen atoms in total. The lowest BCUT2D eigenvalue weighted by Gasteiger charge is -2.28. The Morgan fingerprint density at radius 1 is 1.30 bits per heavy atom. The van der Waals surface area contributed by atoms with Crippen LogP contribution in [-0.4, -0.2) is 38.0 Å². The Kier molecular flexibility index (Phi) is 5.07. The highest BCUT2D eigenvalue weighted by Crippen LogP contribution is 2.59. The van der Waals surface area contributed by atoms with Crippen molar-refractivity contribution in [3.8, 4) is 0 Å². The standard InChI is InChI=1S/C17H32N2O/c1-12(2)9-13-14(17(13,5)6)15(20)18-10-16(3,4)11-19(7)8/h9,13-14H,10-11H2,1-8H3,(H,18,20). The Balaban J connectivity index is 2.55. The highest BCUT2D eigenvalue weighted by atomic mass is 16.2. The van der Waals surface area contributed by atoms with Crippen LogP contribution in [0, 0.1) is 22.7 Å². The lowest BCUT2D eigenvalue weighted by molar-refractivity contribution is -0.123. The third-order valence-corrected chi connectivity index (χ3v) is 4.19. The van der Waals surface area contributed by atoms with Crippen LogP contribution < -0.4 is 5.32 Å². The minimum atomic E-state index is 0.101. The lowest BCUT2D eigenvalue weighted by atomic mass is 9.93. The van der Waals surface area contributed by atoms with Crippen LogP contribution in [0.25, 0.3) is 0 Å². The van der Waals surface area contributed by atoms with Crippen LogP contribution in [0.1, 0.15) is 41.5 Å². The molecule has 3 heteroatoms. The second-order valence-electron chi connectivity index (χ2n) is 8.19. The van der Waals surface area contributed by atoms with E-state index in [-0.39, 0.29) is 22.7 Å². The molecule has 1 rings (SSSR count). The van der Waals surface area contributed by atoms with Gasteiger partial charge in [0.15, 0.2) is 0 Å². The second-order valence-corrected chi connectivity index (χ2v) is 8.19. The molecule has 1 aliphatic carbocycles. The predicted octanol–water partition coefficient (Wildman–Crippen LogP) is 2.93. The molecule has 0 radical (unpaired) electrons. The van der Waals surface area contributed by atoms with E-state index >= 15 is 0 Å². The molecular weight excluding hydrogens is 248 g/mol. The van der Waals surface area contributed by atoms with Crippen molar-refractivity contribution in [1.82, 2.24) is 10.2 Å². The van der Waals surface area contributed by atoms with Crippen molar-refractivity contribution >= 4 is 5.91 Å². The molecule has 0 aromatic heterocycles. The summed E-state index contributed by atoms with van der Waals surface area (Å²) in [5.74, 6) is 0.737. The molecule has 0 saturated heterocycles. The van der Waals surface area contributed by atoms with Gasteiger partial charge in [-0.15, -0.1) is 0 Å². The van der Waals surface area contributed by atoms with Crippen molar-refractivity contribution in [3.63, 3.8) is 0 Å². The van der Waals surface area contributed by atoms with Crippen molar-refractivity contribution in [2.45, 2.75) is 41.5 Å². The van der Waals surface area contributed by atoms with Crippen molar-refractivity contribution in [2.24, 2.45) is 22.7 Å². The Hall–Kier alpha value is -0.830. The van der Waals surface area contributed by atoms with E-state index in [4.69, 9.17) is 0 Å². The van der Waals surface area contributed by atoms with Crippen LogP contribution >= 0.6 is 0 Å². The molecule has 1 saturated carbocycles. The molecule has 2 atom stereocenters. The first kappa shape index (κ1) is 17.2. The number of carbonyl (C=O) groups is 1. The molecule has 2 unspecified atom stereocenters. The molecule has 0 bridgehead atoms. The van der Waals surface area contributed by atoms with Gasteiger partial charge in [0.2, 0.25) is 5.91 Å². The van der Waals surface area contributed by atoms with Crippen LogP contribution in [-0.2, 0) is 4.79 Å². The molecular formula is C17H32N2O. The molecule has 20 heavy (non-hydrogen) atoms. The molecule has 1 fully saturated rings. The van der Waals surface area contributed by atoms with E-state index in [1.807, 2.05) is 0 Å². The maximum Gasteiger partial charge on any atom is 0.224 e. The molecule has 1 aliphatic rings. The van der Waals surface area contributed by atoms with E-state index in [1.165, 1.54) is 5.57 Å². The third kappa shape index (κ3) is 4.34. The molecule has 0 aliphatic heterocycles. The number of hydrogen-bond donors (Lipinski definition) is 1. The van der Waals surface area contributed by atoms with Gasteiger partial charge in [-0.2, -0.15) is 0 Å². The van der Waals surface area contributed by atoms with Gasteiger partial charge in [0.1, 0.15) is 0 Å². The second kappa shape index (κ2) is 5.88. The Labute approximate surface area is 124 Å². The summed E-state index contributed by atoms with van der Waals surface area (Å²) in [5, 5.41) is 3.15. The average molecular weight is 280 g/mol. The fourth-order valence-corrected chi connectivity index (χ4v) is 3.20. The Morgan fingerprint density at radius 2 is 1.85 bits per heavy atom. The van der Waals surface area contributed by atoms with Crippen LogP contribution in [0.4, 0.5) is 0 Å². The zero-order valence-corrected chi connectivity index (χ0v) is 14.5. The van der Waals surface area contributed by atoms with Crippen molar-refractivity contribution in [1.29, 1.82) is 0 Å². The van der Waals surface area contributed by atoms with E-state index < -0.39 is 0 Å². The van der Waals surface area contributed by atoms with E-state index in [0.29, 0.717) is 5.92 Å². The van der Waals surface area contributed by atoms with Gasteiger partial charge in [-0.1, -0.05) is 39.3 Å². The monoisotopic (exact) mass is 280 g/mol. The number of rotatable bonds is 6. The average Bonchev–Trinajstić information content (AvgIpc) is 2.74. The topological polar surface area (TPSA) is 32.3 Å². The number of carbonyl (C=O) groups excluding carboxylic acids is 1. The molecule has 1 amide bonds. The van der Waals surface area contributed by atoms with Gasteiger partial charge in [-0.25, -0.2) is 0 Å². The van der Waals surface area contributed by atoms with E-state index in [9.17, 15) is 4.79 Å². The minimum absolute atomic E-state index is 0.101. The molecule has 1 N–H and O–H groups in total. The first-order valence-electron chi connectivity index (χ1n) is 7.55. The third-order valence-electron chi connectivity index (χ3n) is 4.19. The van der Waals surface area contributed by atoms with Gasteiger partial charge in [-0.05, 0) is 44.7 Å². The summed E-state index contributed by atoms with van der Waals surface area (Å²) < 4.78 is 0. The number of hydrogen-bond acceptors (Lipinski definition) is 2. The van der Waals surface area contributed by atoms with Crippen LogP contribution in [0.15, 0.2) is 11.6 Å². The summed E-state index contributed by atoms with van der Waals surface area (Å²) in [4.78, 5) is 14.6. The number of allylic oxidation sites excluding steroid dienone is 2. The van der Waals surface area contributed by atoms with Crippen LogP contribution in [0.3, 0.4) is 0 Å². The molecule has 116 valence electrons. The first-order valence-corrected chi connectivity index (χ1v) is 7.55. The van der Waals surface area contributed by atoms with Gasteiger partial charge >= 0.3 is 0 Å². The van der Waals surface area contributed by atoms with Gasteiger partial charge in [0.05, 0.1) is 5.92 Å². The van der Waals surface area contributed by atoms with Crippen molar-refractivity contribution in [3.05, 3.63) is 11.6 Å². The largest absolute Gasteiger partial charge is 0.355 e. The van der Waals surface area contributed by atoms with Gasteiger partial charge in [-0.3, -0.25) is 4.79 Å². The van der Waals surface area contributed by atoms with Gasteiger partial charge in [0.25, 0.3) is 0 Å². The first-order chi connectivity index (χ1) is 8.97. The summed E-state index contributed by atoms with van der Waals surface area (Å²) >= 11 is 0. The van der Waals surface area contributed by atoms with E-state index in [2.05, 4.69) is 71.9 Å². The minimum Gasteiger partial charge on any atom is -0.355 e. The Morgan fingerprint density at radius 3 is 2.30 bits per heavy atom. The summed E-state index contributed by atoms with van der Waals surface area (Å²) in [6.07, 6.45) is 2.25. The smallest absolute Gasteiger partial charge is 0.224 e. The van der Waals surface area contributed by atoms with Crippen LogP contribution in [0.5, 0.6) is 0 Å². The zero-order chi connectivity index (χ0) is 15.7. The quantitative estimate of drug-likeness (QED) is 0.759. The maximum atomic E-state index is 12.4. The highest BCUT2D eigenvalue weighted by molar-refractivity contribution is 5.83. The highest BCUT2D eigenvalue weighted by Gasteiger charge is 2.60. The molecule has 0 spiro atoms. The normalized spacial score (nSPS) is 24.4. The maximum absolute atomic E-state index is 12.4. The van der Waals surface area contributed by atoms with E-state index in [0.717, 1.165) is 13.1 Å². The lowest BCUT2D eigenvalue weighted by Crippen LogP contribution is -2.40. The molecule has 0 aromatic carbocycles. The Bertz CT molecular complexity index is 390. The zero-order valence-electron chi connectivity index (χ0n) is 14.5. The number of amides is 1. The molecule has 0 aromatic rings.